The Morgan fingerprint density at radius 1 is 1.12 bits per heavy atom. The topological polar surface area (TPSA) is 66.5 Å². The fourth-order valence-corrected chi connectivity index (χ4v) is 4.66. The fraction of sp³-hybridized carbons (Fsp3) is 0.350. The number of nitrogens with one attached hydrogen (secondary N) is 1. The maximum Gasteiger partial charge on any atom is 0.254 e. The van der Waals surface area contributed by atoms with Gasteiger partial charge in [-0.25, -0.2) is 8.42 Å². The van der Waals surface area contributed by atoms with Crippen molar-refractivity contribution in [3.8, 4) is 0 Å². The molecule has 5 nitrogen and oxygen atoms in total. The summed E-state index contributed by atoms with van der Waals surface area (Å²) in [6.07, 6.45) is 0.771. The van der Waals surface area contributed by atoms with E-state index in [1.165, 1.54) is 0 Å². The molecule has 26 heavy (non-hydrogen) atoms. The van der Waals surface area contributed by atoms with Crippen molar-refractivity contribution >= 4 is 21.6 Å². The average molecular weight is 372 g/mol. The van der Waals surface area contributed by atoms with Crippen LogP contribution in [0.2, 0.25) is 0 Å². The predicted molar refractivity (Wildman–Crippen MR) is 104 cm³/mol. The number of benzene rings is 2. The van der Waals surface area contributed by atoms with Crippen LogP contribution in [0.15, 0.2) is 48.5 Å². The van der Waals surface area contributed by atoms with Gasteiger partial charge in [0.1, 0.15) is 0 Å². The molecule has 1 heterocycles. The Morgan fingerprint density at radius 2 is 1.85 bits per heavy atom. The third-order valence-corrected chi connectivity index (χ3v) is 6.00. The first kappa shape index (κ1) is 18.5. The van der Waals surface area contributed by atoms with Crippen LogP contribution in [0, 0.1) is 5.92 Å². The molecule has 1 aliphatic heterocycles. The first-order valence-corrected chi connectivity index (χ1v) is 10.5. The molecule has 0 saturated heterocycles. The van der Waals surface area contributed by atoms with Crippen LogP contribution >= 0.6 is 0 Å². The minimum atomic E-state index is -3.36. The van der Waals surface area contributed by atoms with Gasteiger partial charge < -0.3 is 4.90 Å². The quantitative estimate of drug-likeness (QED) is 0.876. The molecule has 0 fully saturated rings. The number of sulfonamides is 1. The number of fused-ring (bicyclic) bond motifs is 1. The van der Waals surface area contributed by atoms with Crippen LogP contribution in [0.25, 0.3) is 0 Å². The summed E-state index contributed by atoms with van der Waals surface area (Å²) in [6.45, 7) is 4.90. The van der Waals surface area contributed by atoms with Crippen LogP contribution in [-0.4, -0.2) is 31.5 Å². The van der Waals surface area contributed by atoms with Gasteiger partial charge in [0.25, 0.3) is 5.91 Å². The molecule has 1 aliphatic rings. The lowest BCUT2D eigenvalue weighted by atomic mass is 9.98. The highest BCUT2D eigenvalue weighted by Gasteiger charge is 2.22. The summed E-state index contributed by atoms with van der Waals surface area (Å²) in [5, 5.41) is 0. The molecule has 1 N–H and O–H groups in total. The molecule has 6 heteroatoms. The Bertz CT molecular complexity index is 893. The zero-order chi connectivity index (χ0) is 18.7. The van der Waals surface area contributed by atoms with Gasteiger partial charge in [0.05, 0.1) is 5.75 Å². The maximum absolute atomic E-state index is 12.7. The second kappa shape index (κ2) is 7.50. The summed E-state index contributed by atoms with van der Waals surface area (Å²) in [6, 6.07) is 14.8. The summed E-state index contributed by atoms with van der Waals surface area (Å²) < 4.78 is 27.0. The van der Waals surface area contributed by atoms with Crippen LogP contribution in [0.4, 0.5) is 5.69 Å². The molecule has 0 bridgehead atoms. The lowest BCUT2D eigenvalue weighted by Crippen LogP contribution is -2.36. The lowest BCUT2D eigenvalue weighted by molar-refractivity contribution is 0.0734. The van der Waals surface area contributed by atoms with Crippen LogP contribution in [0.1, 0.15) is 35.3 Å². The molecule has 0 radical (unpaired) electrons. The molecule has 0 saturated carbocycles. The van der Waals surface area contributed by atoms with Crippen molar-refractivity contribution in [2.24, 2.45) is 5.92 Å². The minimum Gasteiger partial charge on any atom is -0.334 e. The average Bonchev–Trinajstić information content (AvgIpc) is 2.59. The standard InChI is InChI=1S/C20H24N2O3S/c1-15(2)14-26(24,25)21-19-9-8-16-10-11-22(13-18(16)12-19)20(23)17-6-4-3-5-7-17/h3-9,12,15,21H,10-11,13-14H2,1-2H3. The normalized spacial score (nSPS) is 14.2. The Morgan fingerprint density at radius 3 is 2.54 bits per heavy atom. The second-order valence-corrected chi connectivity index (χ2v) is 8.87. The highest BCUT2D eigenvalue weighted by Crippen LogP contribution is 2.24. The number of carbonyl (C=O) groups excluding carboxylic acids is 1. The zero-order valence-corrected chi connectivity index (χ0v) is 15.9. The van der Waals surface area contributed by atoms with E-state index in [4.69, 9.17) is 0 Å². The maximum atomic E-state index is 12.7. The van der Waals surface area contributed by atoms with Gasteiger partial charge in [0.15, 0.2) is 0 Å². The van der Waals surface area contributed by atoms with Crippen molar-refractivity contribution in [1.82, 2.24) is 4.90 Å². The van der Waals surface area contributed by atoms with E-state index in [0.29, 0.717) is 24.3 Å². The van der Waals surface area contributed by atoms with Crippen molar-refractivity contribution in [3.63, 3.8) is 0 Å². The largest absolute Gasteiger partial charge is 0.334 e. The zero-order valence-electron chi connectivity index (χ0n) is 15.1. The Kier molecular flexibility index (Phi) is 5.32. The summed E-state index contributed by atoms with van der Waals surface area (Å²) in [5.41, 5.74) is 3.38. The number of hydrogen-bond acceptors (Lipinski definition) is 3. The highest BCUT2D eigenvalue weighted by atomic mass is 32.2. The second-order valence-electron chi connectivity index (χ2n) is 7.10. The smallest absolute Gasteiger partial charge is 0.254 e. The van der Waals surface area contributed by atoms with Gasteiger partial charge in [-0.05, 0) is 47.7 Å². The van der Waals surface area contributed by atoms with Gasteiger partial charge in [-0.1, -0.05) is 38.1 Å². The molecular formula is C20H24N2O3S. The summed E-state index contributed by atoms with van der Waals surface area (Å²) >= 11 is 0. The summed E-state index contributed by atoms with van der Waals surface area (Å²) in [7, 11) is -3.36. The number of hydrogen-bond donors (Lipinski definition) is 1. The molecule has 0 aliphatic carbocycles. The molecule has 0 aromatic heterocycles. The Hall–Kier alpha value is -2.34. The number of rotatable bonds is 5. The summed E-state index contributed by atoms with van der Waals surface area (Å²) in [5.74, 6) is 0.147. The Balaban J connectivity index is 1.77. The first-order valence-electron chi connectivity index (χ1n) is 8.81. The predicted octanol–water partition coefficient (Wildman–Crippen LogP) is 3.28. The van der Waals surface area contributed by atoms with Gasteiger partial charge in [0, 0.05) is 24.3 Å². The summed E-state index contributed by atoms with van der Waals surface area (Å²) in [4.78, 5) is 14.5. The Labute approximate surface area is 155 Å². The first-order chi connectivity index (χ1) is 12.3. The van der Waals surface area contributed by atoms with E-state index in [0.717, 1.165) is 17.5 Å². The van der Waals surface area contributed by atoms with Gasteiger partial charge in [-0.15, -0.1) is 0 Å². The van der Waals surface area contributed by atoms with E-state index in [9.17, 15) is 13.2 Å². The molecule has 3 rings (SSSR count). The third kappa shape index (κ3) is 4.43. The van der Waals surface area contributed by atoms with Crippen LogP contribution in [0.3, 0.4) is 0 Å². The van der Waals surface area contributed by atoms with Crippen molar-refractivity contribution in [1.29, 1.82) is 0 Å². The van der Waals surface area contributed by atoms with Crippen molar-refractivity contribution in [2.75, 3.05) is 17.0 Å². The van der Waals surface area contributed by atoms with Crippen molar-refractivity contribution in [2.45, 2.75) is 26.8 Å². The van der Waals surface area contributed by atoms with Crippen LogP contribution in [0.5, 0.6) is 0 Å². The molecular weight excluding hydrogens is 348 g/mol. The number of carbonyl (C=O) groups is 1. The number of nitrogens with zero attached hydrogens (tertiary/aromatic N) is 1. The van der Waals surface area contributed by atoms with Gasteiger partial charge in [0.2, 0.25) is 10.0 Å². The fourth-order valence-electron chi connectivity index (χ4n) is 3.22. The number of anilines is 1. The van der Waals surface area contributed by atoms with Gasteiger partial charge in [-0.3, -0.25) is 9.52 Å². The minimum absolute atomic E-state index is 0.00189. The van der Waals surface area contributed by atoms with Gasteiger partial charge in [-0.2, -0.15) is 0 Å². The molecule has 0 unspecified atom stereocenters. The van der Waals surface area contributed by atoms with Gasteiger partial charge >= 0.3 is 0 Å². The molecule has 1 amide bonds. The monoisotopic (exact) mass is 372 g/mol. The molecule has 2 aromatic carbocycles. The van der Waals surface area contributed by atoms with Crippen molar-refractivity contribution in [3.05, 3.63) is 65.2 Å². The molecule has 0 atom stereocenters. The van der Waals surface area contributed by atoms with Crippen LogP contribution in [-0.2, 0) is 23.0 Å². The van der Waals surface area contributed by atoms with E-state index < -0.39 is 10.0 Å². The van der Waals surface area contributed by atoms with Crippen molar-refractivity contribution < 1.29 is 13.2 Å². The van der Waals surface area contributed by atoms with E-state index in [2.05, 4.69) is 4.72 Å². The third-order valence-electron chi connectivity index (χ3n) is 4.35. The number of amides is 1. The van der Waals surface area contributed by atoms with E-state index >= 15 is 0 Å². The molecule has 138 valence electrons. The molecule has 0 spiro atoms. The van der Waals surface area contributed by atoms with E-state index in [1.807, 2.05) is 61.2 Å². The SMILES string of the molecule is CC(C)CS(=O)(=O)Nc1ccc2c(c1)CN(C(=O)c1ccccc1)CC2. The highest BCUT2D eigenvalue weighted by molar-refractivity contribution is 7.92. The molecule has 2 aromatic rings. The van der Waals surface area contributed by atoms with Crippen LogP contribution < -0.4 is 4.72 Å². The lowest BCUT2D eigenvalue weighted by Gasteiger charge is -2.29. The van der Waals surface area contributed by atoms with E-state index in [-0.39, 0.29) is 17.6 Å². The van der Waals surface area contributed by atoms with E-state index in [1.54, 1.807) is 6.07 Å².